The molecule has 0 aromatic carbocycles. The molecule has 1 fully saturated rings. The molecule has 1 aromatic rings. The van der Waals surface area contributed by atoms with Crippen molar-refractivity contribution in [1.82, 2.24) is 9.88 Å². The van der Waals surface area contributed by atoms with Crippen LogP contribution in [0.5, 0.6) is 0 Å². The number of nitrogens with zero attached hydrogens (tertiary/aromatic N) is 2. The van der Waals surface area contributed by atoms with E-state index >= 15 is 0 Å². The quantitative estimate of drug-likeness (QED) is 0.922. The van der Waals surface area contributed by atoms with Gasteiger partial charge in [-0.1, -0.05) is 13.8 Å². The van der Waals surface area contributed by atoms with Crippen molar-refractivity contribution in [2.45, 2.75) is 25.5 Å². The normalized spacial score (nSPS) is 20.0. The van der Waals surface area contributed by atoms with Crippen LogP contribution < -0.4 is 5.73 Å². The third-order valence-electron chi connectivity index (χ3n) is 3.25. The van der Waals surface area contributed by atoms with Gasteiger partial charge in [-0.05, 0) is 12.5 Å². The average Bonchev–Trinajstić information content (AvgIpc) is 2.87. The number of hydrogen-bond acceptors (Lipinski definition) is 5. The highest BCUT2D eigenvalue weighted by atomic mass is 32.2. The highest BCUT2D eigenvalue weighted by Crippen LogP contribution is 2.26. The van der Waals surface area contributed by atoms with Crippen LogP contribution in [0.25, 0.3) is 0 Å². The van der Waals surface area contributed by atoms with E-state index in [2.05, 4.69) is 18.8 Å². The zero-order valence-corrected chi connectivity index (χ0v) is 13.1. The van der Waals surface area contributed by atoms with Gasteiger partial charge in [0.05, 0.1) is 5.01 Å². The first-order chi connectivity index (χ1) is 9.11. The van der Waals surface area contributed by atoms with Crippen molar-refractivity contribution in [3.8, 4) is 0 Å². The van der Waals surface area contributed by atoms with Crippen molar-refractivity contribution < 1.29 is 4.79 Å². The molecule has 0 bridgehead atoms. The summed E-state index contributed by atoms with van der Waals surface area (Å²) in [6.45, 7) is 6.68. The van der Waals surface area contributed by atoms with Crippen molar-refractivity contribution in [1.29, 1.82) is 0 Å². The van der Waals surface area contributed by atoms with Crippen molar-refractivity contribution >= 4 is 29.0 Å². The number of thioether (sulfide) groups is 1. The van der Waals surface area contributed by atoms with Gasteiger partial charge in [0.15, 0.2) is 0 Å². The molecule has 19 heavy (non-hydrogen) atoms. The summed E-state index contributed by atoms with van der Waals surface area (Å²) in [5.74, 6) is 1.70. The first-order valence-electron chi connectivity index (χ1n) is 6.67. The number of carbonyl (C=O) groups is 1. The summed E-state index contributed by atoms with van der Waals surface area (Å²) < 4.78 is 0. The topological polar surface area (TPSA) is 59.2 Å². The molecule has 0 spiro atoms. The Balaban J connectivity index is 2.01. The summed E-state index contributed by atoms with van der Waals surface area (Å²) in [5, 5.41) is 3.36. The van der Waals surface area contributed by atoms with E-state index in [4.69, 9.17) is 5.73 Å². The van der Waals surface area contributed by atoms with Gasteiger partial charge in [-0.15, -0.1) is 11.3 Å². The summed E-state index contributed by atoms with van der Waals surface area (Å²) in [5.41, 5.74) is 6.09. The Bertz CT molecular complexity index is 433. The molecule has 1 aliphatic rings. The summed E-state index contributed by atoms with van der Waals surface area (Å²) in [6.07, 6.45) is 0.752. The van der Waals surface area contributed by atoms with Gasteiger partial charge in [0.25, 0.3) is 5.91 Å². The zero-order chi connectivity index (χ0) is 13.8. The number of nitrogens with two attached hydrogens (primary N) is 1. The lowest BCUT2D eigenvalue weighted by molar-refractivity contribution is 0.0751. The second kappa shape index (κ2) is 6.72. The molecule has 1 unspecified atom stereocenters. The van der Waals surface area contributed by atoms with Gasteiger partial charge in [-0.25, -0.2) is 4.98 Å². The summed E-state index contributed by atoms with van der Waals surface area (Å²) >= 11 is 3.50. The van der Waals surface area contributed by atoms with Crippen LogP contribution in [-0.2, 0) is 6.42 Å². The van der Waals surface area contributed by atoms with Gasteiger partial charge in [0.1, 0.15) is 5.69 Å². The van der Waals surface area contributed by atoms with E-state index in [1.165, 1.54) is 11.3 Å². The molecule has 0 radical (unpaired) electrons. The molecule has 4 nitrogen and oxygen atoms in total. The van der Waals surface area contributed by atoms with Crippen molar-refractivity contribution in [2.24, 2.45) is 11.7 Å². The Hall–Kier alpha value is -0.590. The summed E-state index contributed by atoms with van der Waals surface area (Å²) in [4.78, 5) is 18.7. The zero-order valence-electron chi connectivity index (χ0n) is 11.5. The smallest absolute Gasteiger partial charge is 0.273 e. The standard InChI is InChI=1S/C13H21N3OS2/c1-9(2)11-7-16(5-6-18-11)13(17)10-8-19-12(15-10)3-4-14/h8-9,11H,3-7,14H2,1-2H3. The van der Waals surface area contributed by atoms with Gasteiger partial charge in [0.2, 0.25) is 0 Å². The Kier molecular flexibility index (Phi) is 5.24. The molecule has 0 aliphatic carbocycles. The first kappa shape index (κ1) is 14.8. The van der Waals surface area contributed by atoms with Gasteiger partial charge in [-0.2, -0.15) is 11.8 Å². The lowest BCUT2D eigenvalue weighted by atomic mass is 10.1. The van der Waals surface area contributed by atoms with Crippen LogP contribution in [0, 0.1) is 5.92 Å². The maximum atomic E-state index is 12.4. The highest BCUT2D eigenvalue weighted by molar-refractivity contribution is 8.00. The lowest BCUT2D eigenvalue weighted by Crippen LogP contribution is -2.43. The molecule has 6 heteroatoms. The van der Waals surface area contributed by atoms with Crippen LogP contribution in [-0.4, -0.2) is 46.4 Å². The van der Waals surface area contributed by atoms with Crippen molar-refractivity contribution in [3.63, 3.8) is 0 Å². The molecule has 1 aliphatic heterocycles. The second-order valence-corrected chi connectivity index (χ2v) is 7.36. The molecule has 1 amide bonds. The predicted molar refractivity (Wildman–Crippen MR) is 81.9 cm³/mol. The molecule has 2 rings (SSSR count). The Morgan fingerprint density at radius 1 is 1.63 bits per heavy atom. The Morgan fingerprint density at radius 2 is 2.42 bits per heavy atom. The summed E-state index contributed by atoms with van der Waals surface area (Å²) in [7, 11) is 0. The van der Waals surface area contributed by atoms with Crippen LogP contribution in [0.3, 0.4) is 0 Å². The number of hydrogen-bond donors (Lipinski definition) is 1. The summed E-state index contributed by atoms with van der Waals surface area (Å²) in [6, 6.07) is 0. The largest absolute Gasteiger partial charge is 0.335 e. The molecule has 1 aromatic heterocycles. The van der Waals surface area contributed by atoms with Crippen LogP contribution in [0.4, 0.5) is 0 Å². The molecule has 1 atom stereocenters. The SMILES string of the molecule is CC(C)C1CN(C(=O)c2csc(CCN)n2)CCS1. The molecular weight excluding hydrogens is 278 g/mol. The lowest BCUT2D eigenvalue weighted by Gasteiger charge is -2.34. The third kappa shape index (κ3) is 3.70. The van der Waals surface area contributed by atoms with E-state index < -0.39 is 0 Å². The molecule has 2 heterocycles. The molecule has 2 N–H and O–H groups in total. The number of thiazole rings is 1. The number of aromatic nitrogens is 1. The van der Waals surface area contributed by atoms with Gasteiger partial charge in [0, 0.05) is 35.9 Å². The van der Waals surface area contributed by atoms with Crippen molar-refractivity contribution in [2.75, 3.05) is 25.4 Å². The maximum Gasteiger partial charge on any atom is 0.273 e. The Labute approximate surface area is 122 Å². The molecule has 1 saturated heterocycles. The predicted octanol–water partition coefficient (Wildman–Crippen LogP) is 1.86. The number of rotatable bonds is 4. The van der Waals surface area contributed by atoms with E-state index in [-0.39, 0.29) is 5.91 Å². The Morgan fingerprint density at radius 3 is 3.11 bits per heavy atom. The van der Waals surface area contributed by atoms with Gasteiger partial charge < -0.3 is 10.6 Å². The van der Waals surface area contributed by atoms with Crippen LogP contribution >= 0.6 is 23.1 Å². The molecular formula is C13H21N3OS2. The van der Waals surface area contributed by atoms with E-state index in [9.17, 15) is 4.79 Å². The average molecular weight is 299 g/mol. The molecule has 106 valence electrons. The van der Waals surface area contributed by atoms with E-state index in [0.29, 0.717) is 23.4 Å². The first-order valence-corrected chi connectivity index (χ1v) is 8.60. The van der Waals surface area contributed by atoms with Crippen LogP contribution in [0.1, 0.15) is 29.3 Å². The van der Waals surface area contributed by atoms with E-state index in [0.717, 1.165) is 30.3 Å². The highest BCUT2D eigenvalue weighted by Gasteiger charge is 2.27. The van der Waals surface area contributed by atoms with Crippen LogP contribution in [0.15, 0.2) is 5.38 Å². The van der Waals surface area contributed by atoms with Gasteiger partial charge in [-0.3, -0.25) is 4.79 Å². The van der Waals surface area contributed by atoms with E-state index in [1.807, 2.05) is 22.0 Å². The fraction of sp³-hybridized carbons (Fsp3) is 0.692. The minimum absolute atomic E-state index is 0.0745. The second-order valence-electron chi connectivity index (χ2n) is 5.07. The fourth-order valence-corrected chi connectivity index (χ4v) is 4.16. The fourth-order valence-electron chi connectivity index (χ4n) is 2.07. The number of carbonyl (C=O) groups excluding carboxylic acids is 1. The monoisotopic (exact) mass is 299 g/mol. The molecule has 0 saturated carbocycles. The van der Waals surface area contributed by atoms with Gasteiger partial charge >= 0.3 is 0 Å². The van der Waals surface area contributed by atoms with E-state index in [1.54, 1.807) is 0 Å². The maximum absolute atomic E-state index is 12.4. The minimum Gasteiger partial charge on any atom is -0.335 e. The van der Waals surface area contributed by atoms with Crippen molar-refractivity contribution in [3.05, 3.63) is 16.1 Å². The minimum atomic E-state index is 0.0745. The third-order valence-corrected chi connectivity index (χ3v) is 5.70. The number of amides is 1. The van der Waals surface area contributed by atoms with Crippen LogP contribution in [0.2, 0.25) is 0 Å².